The van der Waals surface area contributed by atoms with Crippen LogP contribution in [0.2, 0.25) is 5.02 Å². The summed E-state index contributed by atoms with van der Waals surface area (Å²) < 4.78 is 12.0. The molecule has 1 rings (SSSR count). The van der Waals surface area contributed by atoms with E-state index in [1.807, 2.05) is 0 Å². The van der Waals surface area contributed by atoms with Crippen molar-refractivity contribution in [1.82, 2.24) is 4.90 Å². The maximum atomic E-state index is 12.0. The van der Waals surface area contributed by atoms with Crippen LogP contribution in [0.15, 0.2) is 23.1 Å². The monoisotopic (exact) mass is 274 g/mol. The van der Waals surface area contributed by atoms with E-state index in [9.17, 15) is 4.21 Å². The van der Waals surface area contributed by atoms with Gasteiger partial charge in [-0.15, -0.1) is 0 Å². The van der Waals surface area contributed by atoms with Crippen LogP contribution in [-0.4, -0.2) is 34.5 Å². The summed E-state index contributed by atoms with van der Waals surface area (Å²) in [6.45, 7) is 7.01. The average molecular weight is 275 g/mol. The molecule has 5 heteroatoms. The molecule has 0 heterocycles. The van der Waals surface area contributed by atoms with Crippen molar-refractivity contribution in [2.24, 2.45) is 0 Å². The minimum Gasteiger partial charge on any atom is -0.398 e. The number of anilines is 1. The van der Waals surface area contributed by atoms with E-state index in [4.69, 9.17) is 17.3 Å². The Morgan fingerprint density at radius 2 is 2.00 bits per heavy atom. The van der Waals surface area contributed by atoms with Crippen molar-refractivity contribution in [3.63, 3.8) is 0 Å². The van der Waals surface area contributed by atoms with Crippen LogP contribution in [0.4, 0.5) is 5.69 Å². The van der Waals surface area contributed by atoms with Gasteiger partial charge in [-0.05, 0) is 31.3 Å². The van der Waals surface area contributed by atoms with Crippen molar-refractivity contribution >= 4 is 28.1 Å². The molecule has 1 aromatic carbocycles. The van der Waals surface area contributed by atoms with Crippen molar-refractivity contribution in [3.8, 4) is 0 Å². The number of rotatable bonds is 6. The summed E-state index contributed by atoms with van der Waals surface area (Å²) >= 11 is 5.91. The standard InChI is InChI=1S/C12H19ClN2OS/c1-3-15(4-2)7-8-17(16)10-5-6-12(14)11(13)9-10/h5-6,9H,3-4,7-8,14H2,1-2H3. The molecule has 0 radical (unpaired) electrons. The molecule has 0 aromatic heterocycles. The SMILES string of the molecule is CCN(CC)CCS(=O)c1ccc(N)c(Cl)c1. The first kappa shape index (κ1) is 14.5. The van der Waals surface area contributed by atoms with Gasteiger partial charge in [0.2, 0.25) is 0 Å². The average Bonchev–Trinajstić information content (AvgIpc) is 2.33. The Morgan fingerprint density at radius 3 is 2.53 bits per heavy atom. The lowest BCUT2D eigenvalue weighted by atomic mass is 10.3. The highest BCUT2D eigenvalue weighted by Gasteiger charge is 2.08. The number of benzene rings is 1. The summed E-state index contributed by atoms with van der Waals surface area (Å²) in [5, 5.41) is 0.471. The van der Waals surface area contributed by atoms with Gasteiger partial charge in [0.05, 0.1) is 21.5 Å². The third kappa shape index (κ3) is 4.30. The molecule has 0 fully saturated rings. The molecule has 0 saturated carbocycles. The largest absolute Gasteiger partial charge is 0.398 e. The summed E-state index contributed by atoms with van der Waals surface area (Å²) in [5.41, 5.74) is 6.14. The second-order valence-electron chi connectivity index (χ2n) is 3.76. The van der Waals surface area contributed by atoms with Gasteiger partial charge in [0.1, 0.15) is 0 Å². The molecule has 0 aliphatic carbocycles. The summed E-state index contributed by atoms with van der Waals surface area (Å²) in [6, 6.07) is 5.17. The van der Waals surface area contributed by atoms with E-state index in [2.05, 4.69) is 18.7 Å². The zero-order valence-electron chi connectivity index (χ0n) is 10.3. The summed E-state index contributed by atoms with van der Waals surface area (Å²) in [5.74, 6) is 0.627. The van der Waals surface area contributed by atoms with E-state index >= 15 is 0 Å². The molecular formula is C12H19ClN2OS. The fourth-order valence-corrected chi connectivity index (χ4v) is 2.89. The lowest BCUT2D eigenvalue weighted by Crippen LogP contribution is -2.27. The molecule has 3 nitrogen and oxygen atoms in total. The highest BCUT2D eigenvalue weighted by Crippen LogP contribution is 2.21. The maximum Gasteiger partial charge on any atom is 0.0647 e. The Labute approximate surface area is 110 Å². The number of nitrogens with zero attached hydrogens (tertiary/aromatic N) is 1. The minimum absolute atomic E-state index is 0.471. The molecule has 0 aliphatic heterocycles. The third-order valence-corrected chi connectivity index (χ3v) is 4.38. The Bertz CT molecular complexity index is 394. The van der Waals surface area contributed by atoms with Gasteiger partial charge in [-0.3, -0.25) is 4.21 Å². The van der Waals surface area contributed by atoms with Gasteiger partial charge in [0.15, 0.2) is 0 Å². The van der Waals surface area contributed by atoms with Gasteiger partial charge in [-0.2, -0.15) is 0 Å². The van der Waals surface area contributed by atoms with Crippen LogP contribution in [-0.2, 0) is 10.8 Å². The third-order valence-electron chi connectivity index (χ3n) is 2.72. The Morgan fingerprint density at radius 1 is 1.35 bits per heavy atom. The quantitative estimate of drug-likeness (QED) is 0.810. The van der Waals surface area contributed by atoms with Crippen molar-refractivity contribution < 1.29 is 4.21 Å². The van der Waals surface area contributed by atoms with Crippen LogP contribution in [0.25, 0.3) is 0 Å². The predicted octanol–water partition coefficient (Wildman–Crippen LogP) is 2.37. The number of hydrogen-bond donors (Lipinski definition) is 1. The lowest BCUT2D eigenvalue weighted by Gasteiger charge is -2.17. The van der Waals surface area contributed by atoms with Crippen molar-refractivity contribution in [2.45, 2.75) is 18.7 Å². The topological polar surface area (TPSA) is 46.3 Å². The van der Waals surface area contributed by atoms with Gasteiger partial charge in [-0.25, -0.2) is 0 Å². The normalized spacial score (nSPS) is 12.9. The Balaban J connectivity index is 2.61. The van der Waals surface area contributed by atoms with E-state index in [-0.39, 0.29) is 0 Å². The van der Waals surface area contributed by atoms with Crippen LogP contribution < -0.4 is 5.73 Å². The van der Waals surface area contributed by atoms with E-state index in [0.717, 1.165) is 24.5 Å². The van der Waals surface area contributed by atoms with Crippen molar-refractivity contribution in [1.29, 1.82) is 0 Å². The van der Waals surface area contributed by atoms with E-state index in [1.54, 1.807) is 18.2 Å². The highest BCUT2D eigenvalue weighted by atomic mass is 35.5. The molecule has 0 amide bonds. The van der Waals surface area contributed by atoms with Crippen LogP contribution >= 0.6 is 11.6 Å². The highest BCUT2D eigenvalue weighted by molar-refractivity contribution is 7.85. The van der Waals surface area contributed by atoms with Crippen LogP contribution in [0.5, 0.6) is 0 Å². The smallest absolute Gasteiger partial charge is 0.0647 e. The maximum absolute atomic E-state index is 12.0. The van der Waals surface area contributed by atoms with E-state index < -0.39 is 10.8 Å². The van der Waals surface area contributed by atoms with E-state index in [1.165, 1.54) is 0 Å². The molecule has 2 N–H and O–H groups in total. The van der Waals surface area contributed by atoms with Gasteiger partial charge in [0.25, 0.3) is 0 Å². The second-order valence-corrected chi connectivity index (χ2v) is 5.74. The van der Waals surface area contributed by atoms with Gasteiger partial charge in [0, 0.05) is 17.2 Å². The fraction of sp³-hybridized carbons (Fsp3) is 0.500. The van der Waals surface area contributed by atoms with Crippen molar-refractivity contribution in [3.05, 3.63) is 23.2 Å². The van der Waals surface area contributed by atoms with Crippen LogP contribution in [0.3, 0.4) is 0 Å². The first-order valence-electron chi connectivity index (χ1n) is 5.74. The Hall–Kier alpha value is -0.580. The Kier molecular flexibility index (Phi) is 5.95. The van der Waals surface area contributed by atoms with Crippen molar-refractivity contribution in [2.75, 3.05) is 31.1 Å². The molecular weight excluding hydrogens is 256 g/mol. The summed E-state index contributed by atoms with van der Waals surface area (Å²) in [4.78, 5) is 2.99. The van der Waals surface area contributed by atoms with Crippen LogP contribution in [0, 0.1) is 0 Å². The molecule has 17 heavy (non-hydrogen) atoms. The van der Waals surface area contributed by atoms with Gasteiger partial charge < -0.3 is 10.6 Å². The lowest BCUT2D eigenvalue weighted by molar-refractivity contribution is 0.323. The number of nitrogens with two attached hydrogens (primary N) is 1. The second kappa shape index (κ2) is 6.99. The zero-order chi connectivity index (χ0) is 12.8. The number of halogens is 1. The molecule has 1 aromatic rings. The first-order valence-corrected chi connectivity index (χ1v) is 7.43. The first-order chi connectivity index (χ1) is 8.08. The summed E-state index contributed by atoms with van der Waals surface area (Å²) in [6.07, 6.45) is 0. The molecule has 0 spiro atoms. The summed E-state index contributed by atoms with van der Waals surface area (Å²) in [7, 11) is -1.01. The van der Waals surface area contributed by atoms with E-state index in [0.29, 0.717) is 16.5 Å². The zero-order valence-corrected chi connectivity index (χ0v) is 11.9. The molecule has 1 atom stereocenters. The molecule has 96 valence electrons. The minimum atomic E-state index is -1.01. The number of nitrogen functional groups attached to an aromatic ring is 1. The molecule has 0 aliphatic rings. The number of hydrogen-bond acceptors (Lipinski definition) is 3. The molecule has 0 bridgehead atoms. The molecule has 1 unspecified atom stereocenters. The van der Waals surface area contributed by atoms with Gasteiger partial charge >= 0.3 is 0 Å². The predicted molar refractivity (Wildman–Crippen MR) is 74.9 cm³/mol. The fourth-order valence-electron chi connectivity index (χ4n) is 1.52. The van der Waals surface area contributed by atoms with Crippen LogP contribution in [0.1, 0.15) is 13.8 Å². The van der Waals surface area contributed by atoms with Gasteiger partial charge in [-0.1, -0.05) is 25.4 Å². The molecule has 0 saturated heterocycles.